The number of nitrogens with one attached hydrogen (secondary N) is 4. The molecule has 0 spiro atoms. The van der Waals surface area contributed by atoms with Gasteiger partial charge in [-0.1, -0.05) is 13.8 Å². The molecule has 1 aromatic rings. The summed E-state index contributed by atoms with van der Waals surface area (Å²) in [6.07, 6.45) is 4.42. The summed E-state index contributed by atoms with van der Waals surface area (Å²) in [5.41, 5.74) is -1.16. The highest BCUT2D eigenvalue weighted by Crippen LogP contribution is 2.16. The van der Waals surface area contributed by atoms with Crippen LogP contribution in [0.25, 0.3) is 0 Å². The predicted molar refractivity (Wildman–Crippen MR) is 138 cm³/mol. The van der Waals surface area contributed by atoms with Crippen molar-refractivity contribution < 1.29 is 28.9 Å². The molecule has 2 rings (SSSR count). The molecular formula is C26H37F2N7O2+2. The Labute approximate surface area is 216 Å². The first kappa shape index (κ1) is 29.7. The van der Waals surface area contributed by atoms with E-state index in [0.717, 1.165) is 12.1 Å². The molecule has 200 valence electrons. The van der Waals surface area contributed by atoms with Crippen LogP contribution >= 0.6 is 0 Å². The van der Waals surface area contributed by atoms with Crippen LogP contribution in [-0.2, 0) is 4.74 Å². The van der Waals surface area contributed by atoms with Crippen molar-refractivity contribution in [3.63, 3.8) is 0 Å². The molecule has 11 heteroatoms. The highest BCUT2D eigenvalue weighted by atomic mass is 19.1. The Bertz CT molecular complexity index is 1140. The van der Waals surface area contributed by atoms with E-state index in [0.29, 0.717) is 25.6 Å². The number of carbonyl (C=O) groups is 1. The fourth-order valence-electron chi connectivity index (χ4n) is 3.46. The third kappa shape index (κ3) is 9.10. The number of amides is 1. The van der Waals surface area contributed by atoms with Gasteiger partial charge in [0.15, 0.2) is 0 Å². The topological polar surface area (TPSA) is 158 Å². The summed E-state index contributed by atoms with van der Waals surface area (Å²) in [4.78, 5) is 14.0. The van der Waals surface area contributed by atoms with Gasteiger partial charge in [0.1, 0.15) is 29.5 Å². The Balaban J connectivity index is 2.23. The van der Waals surface area contributed by atoms with Crippen LogP contribution in [0.1, 0.15) is 46.6 Å². The lowest BCUT2D eigenvalue weighted by atomic mass is 9.98. The number of ether oxygens (including phenoxy) is 1. The van der Waals surface area contributed by atoms with Crippen LogP contribution in [-0.4, -0.2) is 58.8 Å². The molecule has 1 atom stereocenters. The average molecular weight is 518 g/mol. The predicted octanol–water partition coefficient (Wildman–Crippen LogP) is 2.54. The molecule has 1 saturated heterocycles. The average Bonchev–Trinajstić information content (AvgIpc) is 3.25. The zero-order valence-electron chi connectivity index (χ0n) is 21.9. The van der Waals surface area contributed by atoms with Crippen LogP contribution < -0.4 is 10.6 Å². The molecule has 37 heavy (non-hydrogen) atoms. The lowest BCUT2D eigenvalue weighted by Gasteiger charge is -2.24. The van der Waals surface area contributed by atoms with Crippen LogP contribution in [0.4, 0.5) is 13.6 Å². The maximum absolute atomic E-state index is 14.4. The van der Waals surface area contributed by atoms with Crippen LogP contribution in [0.3, 0.4) is 0 Å². The summed E-state index contributed by atoms with van der Waals surface area (Å²) in [5, 5.41) is 36.1. The van der Waals surface area contributed by atoms with Gasteiger partial charge in [-0.3, -0.25) is 27.0 Å². The molecule has 0 bridgehead atoms. The van der Waals surface area contributed by atoms with E-state index < -0.39 is 23.3 Å². The highest BCUT2D eigenvalue weighted by Gasteiger charge is 2.31. The van der Waals surface area contributed by atoms with E-state index in [1.807, 2.05) is 13.8 Å². The van der Waals surface area contributed by atoms with E-state index in [1.165, 1.54) is 23.7 Å². The first-order valence-electron chi connectivity index (χ1n) is 12.0. The molecule has 1 heterocycles. The molecule has 1 aliphatic rings. The van der Waals surface area contributed by atoms with Crippen molar-refractivity contribution in [2.45, 2.75) is 52.7 Å². The molecular weight excluding hydrogens is 480 g/mol. The molecule has 0 saturated carbocycles. The van der Waals surface area contributed by atoms with Crippen molar-refractivity contribution in [3.05, 3.63) is 59.3 Å². The normalized spacial score (nSPS) is 16.4. The van der Waals surface area contributed by atoms with Gasteiger partial charge >= 0.3 is 6.09 Å². The summed E-state index contributed by atoms with van der Waals surface area (Å²) < 4.78 is 33.3. The van der Waals surface area contributed by atoms with Crippen LogP contribution in [0, 0.1) is 39.2 Å². The molecule has 1 aromatic carbocycles. The minimum atomic E-state index is -0.920. The van der Waals surface area contributed by atoms with Crippen molar-refractivity contribution in [3.8, 4) is 0 Å². The minimum absolute atomic E-state index is 0.00932. The molecule has 0 aromatic heterocycles. The fourth-order valence-corrected chi connectivity index (χ4v) is 3.46. The van der Waals surface area contributed by atoms with Crippen molar-refractivity contribution >= 4 is 29.2 Å². The first-order chi connectivity index (χ1) is 17.2. The number of likely N-dealkylation sites (tertiary alicyclic amines) is 1. The minimum Gasteiger partial charge on any atom is -0.444 e. The number of allylic oxidation sites excluding steroid dienone is 2. The van der Waals surface area contributed by atoms with E-state index in [9.17, 15) is 13.6 Å². The first-order valence-corrected chi connectivity index (χ1v) is 12.0. The van der Waals surface area contributed by atoms with E-state index in [-0.39, 0.29) is 46.2 Å². The summed E-state index contributed by atoms with van der Waals surface area (Å²) in [7, 11) is 0. The molecule has 0 aliphatic carbocycles. The second-order valence-electron chi connectivity index (χ2n) is 10.2. The van der Waals surface area contributed by atoms with Crippen molar-refractivity contribution in [1.29, 1.82) is 21.6 Å². The Hall–Kier alpha value is -3.57. The van der Waals surface area contributed by atoms with E-state index >= 15 is 0 Å². The lowest BCUT2D eigenvalue weighted by molar-refractivity contribution is -0.622. The van der Waals surface area contributed by atoms with Gasteiger partial charge in [-0.15, -0.1) is 0 Å². The van der Waals surface area contributed by atoms with Gasteiger partial charge in [0, 0.05) is 36.6 Å². The number of nitrogens with two attached hydrogens (primary N) is 2. The third-order valence-electron chi connectivity index (χ3n) is 5.53. The Morgan fingerprint density at radius 2 is 1.84 bits per heavy atom. The maximum Gasteiger partial charge on any atom is 0.410 e. The van der Waals surface area contributed by atoms with E-state index in [1.54, 1.807) is 31.0 Å². The number of rotatable bonds is 8. The van der Waals surface area contributed by atoms with Gasteiger partial charge < -0.3 is 15.0 Å². The second-order valence-corrected chi connectivity index (χ2v) is 10.2. The van der Waals surface area contributed by atoms with Gasteiger partial charge in [0.05, 0.1) is 23.5 Å². The number of quaternary nitrogens is 2. The zero-order chi connectivity index (χ0) is 27.9. The van der Waals surface area contributed by atoms with Crippen molar-refractivity contribution in [1.82, 2.24) is 4.90 Å². The summed E-state index contributed by atoms with van der Waals surface area (Å²) in [6.45, 7) is 9.94. The smallest absolute Gasteiger partial charge is 0.410 e. The standard InChI is InChI=1S/C26H35F2N7O2/c1-15(2)24(32)34-22(30)9-8-21(29)19(23(31)18-7-6-16(27)12-20(18)28)13-33-17-10-11-35(14-17)25(36)37-26(3,4)5/h6-9,12-13,15,17,29,31,33H,10-11,14H2,1-5H3,(H3,30,32,34)/p+2/b9-8-,19-13-,29-21?,31-23?. The Morgan fingerprint density at radius 1 is 1.16 bits per heavy atom. The van der Waals surface area contributed by atoms with Gasteiger partial charge in [0.25, 0.3) is 0 Å². The van der Waals surface area contributed by atoms with Gasteiger partial charge in [-0.2, -0.15) is 0 Å². The quantitative estimate of drug-likeness (QED) is 0.231. The van der Waals surface area contributed by atoms with Crippen molar-refractivity contribution in [2.24, 2.45) is 5.92 Å². The SMILES string of the molecule is CC(C)C(=N)[NH2+]C(=N)/C=C\C(=N)/C(=C/[NH2+]C1CCN(C(=O)OC(C)(C)C)C1)C(=N)c1ccc(F)cc1F. The lowest BCUT2D eigenvalue weighted by Crippen LogP contribution is -2.91. The maximum atomic E-state index is 14.4. The number of halogens is 2. The molecule has 1 amide bonds. The Kier molecular flexibility index (Phi) is 10.1. The number of nitrogens with zero attached hydrogens (tertiary/aromatic N) is 1. The third-order valence-corrected chi connectivity index (χ3v) is 5.53. The monoisotopic (exact) mass is 517 g/mol. The fraction of sp³-hybridized carbons (Fsp3) is 0.423. The van der Waals surface area contributed by atoms with Gasteiger partial charge in [-0.05, 0) is 39.0 Å². The summed E-state index contributed by atoms with van der Waals surface area (Å²) >= 11 is 0. The molecule has 9 nitrogen and oxygen atoms in total. The molecule has 1 aliphatic heterocycles. The number of amidine groups is 2. The molecule has 1 unspecified atom stereocenters. The van der Waals surface area contributed by atoms with Crippen molar-refractivity contribution in [2.75, 3.05) is 13.1 Å². The molecule has 8 N–H and O–H groups in total. The van der Waals surface area contributed by atoms with E-state index in [4.69, 9.17) is 26.4 Å². The van der Waals surface area contributed by atoms with Gasteiger partial charge in [0.2, 0.25) is 11.7 Å². The van der Waals surface area contributed by atoms with E-state index in [2.05, 4.69) is 0 Å². The summed E-state index contributed by atoms with van der Waals surface area (Å²) in [5.74, 6) is -1.47. The van der Waals surface area contributed by atoms with Gasteiger partial charge in [-0.25, -0.2) is 13.6 Å². The zero-order valence-corrected chi connectivity index (χ0v) is 21.9. The number of hydrogen-bond donors (Lipinski definition) is 6. The molecule has 1 fully saturated rings. The van der Waals surface area contributed by atoms with Crippen LogP contribution in [0.2, 0.25) is 0 Å². The second kappa shape index (κ2) is 12.6. The number of carbonyl (C=O) groups excluding carboxylic acids is 1. The largest absolute Gasteiger partial charge is 0.444 e. The number of benzene rings is 1. The summed E-state index contributed by atoms with van der Waals surface area (Å²) in [6, 6.07) is 2.81. The van der Waals surface area contributed by atoms with Crippen LogP contribution in [0.5, 0.6) is 0 Å². The molecule has 0 radical (unpaired) electrons. The van der Waals surface area contributed by atoms with Crippen LogP contribution in [0.15, 0.2) is 42.1 Å². The highest BCUT2D eigenvalue weighted by molar-refractivity contribution is 6.31. The Morgan fingerprint density at radius 3 is 2.43 bits per heavy atom. The number of hydrogen-bond acceptors (Lipinski definition) is 6.